The van der Waals surface area contributed by atoms with Gasteiger partial charge in [-0.3, -0.25) is 4.79 Å². The molecule has 2 amide bonds. The van der Waals surface area contributed by atoms with Crippen LogP contribution >= 0.6 is 0 Å². The Hall–Kier alpha value is -2.50. The molecule has 4 rings (SSSR count). The van der Waals surface area contributed by atoms with Crippen molar-refractivity contribution < 1.29 is 19.1 Å². The average molecular weight is 441 g/mol. The molecule has 1 aliphatic carbocycles. The van der Waals surface area contributed by atoms with Gasteiger partial charge in [-0.25, -0.2) is 4.79 Å². The summed E-state index contributed by atoms with van der Waals surface area (Å²) in [6, 6.07) is 6.34. The van der Waals surface area contributed by atoms with Gasteiger partial charge in [-0.2, -0.15) is 0 Å². The van der Waals surface area contributed by atoms with Gasteiger partial charge in [-0.1, -0.05) is 6.07 Å². The third kappa shape index (κ3) is 3.67. The minimum Gasteiger partial charge on any atom is -0.497 e. The molecular formula is C26H36N2O4. The van der Waals surface area contributed by atoms with Gasteiger partial charge in [0, 0.05) is 32.0 Å². The second-order valence-electron chi connectivity index (χ2n) is 11.0. The van der Waals surface area contributed by atoms with Crippen molar-refractivity contribution in [3.63, 3.8) is 0 Å². The number of carbonyl (C=O) groups excluding carboxylic acids is 2. The van der Waals surface area contributed by atoms with Gasteiger partial charge in [-0.15, -0.1) is 0 Å². The van der Waals surface area contributed by atoms with E-state index in [0.29, 0.717) is 19.6 Å². The van der Waals surface area contributed by atoms with E-state index < -0.39 is 5.60 Å². The molecule has 0 unspecified atom stereocenters. The Morgan fingerprint density at radius 1 is 1.09 bits per heavy atom. The van der Waals surface area contributed by atoms with Crippen LogP contribution in [0.25, 0.3) is 5.57 Å². The van der Waals surface area contributed by atoms with Crippen molar-refractivity contribution in [3.8, 4) is 5.75 Å². The van der Waals surface area contributed by atoms with Crippen LogP contribution in [0.3, 0.4) is 0 Å². The zero-order chi connectivity index (χ0) is 23.5. The number of carbonyl (C=O) groups is 2. The normalized spacial score (nSPS) is 21.3. The van der Waals surface area contributed by atoms with Crippen LogP contribution in [-0.4, -0.2) is 59.7 Å². The molecule has 0 atom stereocenters. The van der Waals surface area contributed by atoms with E-state index in [2.05, 4.69) is 26.0 Å². The van der Waals surface area contributed by atoms with E-state index in [4.69, 9.17) is 9.47 Å². The van der Waals surface area contributed by atoms with Crippen molar-refractivity contribution in [1.29, 1.82) is 0 Å². The van der Waals surface area contributed by atoms with E-state index in [9.17, 15) is 9.59 Å². The first kappa shape index (κ1) is 22.7. The molecule has 174 valence electrons. The van der Waals surface area contributed by atoms with Crippen LogP contribution in [0.4, 0.5) is 4.79 Å². The van der Waals surface area contributed by atoms with E-state index in [1.807, 2.05) is 36.6 Å². The molecular weight excluding hydrogens is 404 g/mol. The molecule has 0 saturated carbocycles. The summed E-state index contributed by atoms with van der Waals surface area (Å²) in [7, 11) is 1.69. The van der Waals surface area contributed by atoms with Gasteiger partial charge in [0.25, 0.3) is 0 Å². The highest BCUT2D eigenvalue weighted by atomic mass is 16.6. The Morgan fingerprint density at radius 2 is 1.75 bits per heavy atom. The summed E-state index contributed by atoms with van der Waals surface area (Å²) in [5, 5.41) is 0. The lowest BCUT2D eigenvalue weighted by Crippen LogP contribution is -2.59. The first-order valence-corrected chi connectivity index (χ1v) is 11.6. The molecule has 6 nitrogen and oxygen atoms in total. The predicted octanol–water partition coefficient (Wildman–Crippen LogP) is 4.66. The lowest BCUT2D eigenvalue weighted by atomic mass is 9.64. The lowest BCUT2D eigenvalue weighted by molar-refractivity contribution is -0.135. The maximum absolute atomic E-state index is 12.7. The fourth-order valence-electron chi connectivity index (χ4n) is 5.76. The predicted molar refractivity (Wildman–Crippen MR) is 125 cm³/mol. The molecule has 1 saturated heterocycles. The molecule has 1 aromatic carbocycles. The van der Waals surface area contributed by atoms with Crippen molar-refractivity contribution >= 4 is 17.6 Å². The van der Waals surface area contributed by atoms with Crippen LogP contribution < -0.4 is 4.74 Å². The number of nitrogens with zero attached hydrogens (tertiary/aromatic N) is 2. The third-order valence-electron chi connectivity index (χ3n) is 7.41. The average Bonchev–Trinajstić information content (AvgIpc) is 3.10. The summed E-state index contributed by atoms with van der Waals surface area (Å²) >= 11 is 0. The van der Waals surface area contributed by atoms with Gasteiger partial charge in [0.05, 0.1) is 12.6 Å². The van der Waals surface area contributed by atoms with Gasteiger partial charge >= 0.3 is 6.09 Å². The number of piperidine rings is 1. The van der Waals surface area contributed by atoms with Crippen LogP contribution in [-0.2, 0) is 16.0 Å². The first-order chi connectivity index (χ1) is 14.9. The van der Waals surface area contributed by atoms with E-state index in [1.54, 1.807) is 14.0 Å². The molecule has 0 N–H and O–H groups in total. The van der Waals surface area contributed by atoms with Gasteiger partial charge in [0.2, 0.25) is 5.91 Å². The Labute approximate surface area is 191 Å². The lowest BCUT2D eigenvalue weighted by Gasteiger charge is -2.54. The van der Waals surface area contributed by atoms with Crippen LogP contribution in [0.15, 0.2) is 23.8 Å². The Kier molecular flexibility index (Phi) is 5.34. The molecule has 1 spiro atoms. The van der Waals surface area contributed by atoms with Gasteiger partial charge < -0.3 is 19.3 Å². The molecule has 6 heteroatoms. The Morgan fingerprint density at radius 3 is 2.31 bits per heavy atom. The highest BCUT2D eigenvalue weighted by molar-refractivity contribution is 5.86. The molecule has 2 heterocycles. The van der Waals surface area contributed by atoms with Crippen molar-refractivity contribution in [2.24, 2.45) is 5.41 Å². The summed E-state index contributed by atoms with van der Waals surface area (Å²) < 4.78 is 11.1. The zero-order valence-electron chi connectivity index (χ0n) is 20.5. The number of amides is 2. The standard InChI is InChI=1S/C26H36N2O4/c1-17(29)28-16-26(10-12-27(13-11-26)23(30)32-24(2,3)4)22-20-9-8-19(31-7)14-18(20)15-21(22)25(28,5)6/h8-9,14H,10-13,15-16H2,1-7H3. The maximum Gasteiger partial charge on any atom is 0.410 e. The molecule has 2 aliphatic heterocycles. The summed E-state index contributed by atoms with van der Waals surface area (Å²) in [5.41, 5.74) is 4.25. The van der Waals surface area contributed by atoms with Crippen LogP contribution in [0.1, 0.15) is 65.5 Å². The number of benzene rings is 1. The summed E-state index contributed by atoms with van der Waals surface area (Å²) in [5.74, 6) is 0.961. The van der Waals surface area contributed by atoms with E-state index in [-0.39, 0.29) is 23.0 Å². The SMILES string of the molecule is COc1ccc2c(c1)CC1=C2C2(CCN(C(=O)OC(C)(C)C)CC2)CN(C(C)=O)C1(C)C. The van der Waals surface area contributed by atoms with Crippen LogP contribution in [0.5, 0.6) is 5.75 Å². The first-order valence-electron chi connectivity index (χ1n) is 11.6. The second-order valence-corrected chi connectivity index (χ2v) is 11.0. The highest BCUT2D eigenvalue weighted by Crippen LogP contribution is 2.57. The fraction of sp³-hybridized carbons (Fsp3) is 0.615. The van der Waals surface area contributed by atoms with Gasteiger partial charge in [-0.05, 0) is 88.3 Å². The van der Waals surface area contributed by atoms with E-state index >= 15 is 0 Å². The Bertz CT molecular complexity index is 978. The molecule has 1 aromatic rings. The topological polar surface area (TPSA) is 59.1 Å². The third-order valence-corrected chi connectivity index (χ3v) is 7.41. The number of hydrogen-bond donors (Lipinski definition) is 0. The smallest absolute Gasteiger partial charge is 0.410 e. The zero-order valence-corrected chi connectivity index (χ0v) is 20.5. The second kappa shape index (κ2) is 7.53. The van der Waals surface area contributed by atoms with Crippen molar-refractivity contribution in [2.45, 2.75) is 71.9 Å². The van der Waals surface area contributed by atoms with E-state index in [1.165, 1.54) is 22.3 Å². The van der Waals surface area contributed by atoms with E-state index in [0.717, 1.165) is 25.0 Å². The number of hydrogen-bond acceptors (Lipinski definition) is 4. The van der Waals surface area contributed by atoms with Crippen molar-refractivity contribution in [2.75, 3.05) is 26.7 Å². The minimum absolute atomic E-state index is 0.101. The Balaban J connectivity index is 1.72. The summed E-state index contributed by atoms with van der Waals surface area (Å²) in [6.45, 7) is 13.6. The molecule has 0 aromatic heterocycles. The number of rotatable bonds is 1. The van der Waals surface area contributed by atoms with Crippen molar-refractivity contribution in [3.05, 3.63) is 34.9 Å². The maximum atomic E-state index is 12.7. The fourth-order valence-corrected chi connectivity index (χ4v) is 5.76. The molecule has 0 bridgehead atoms. The number of fused-ring (bicyclic) bond motifs is 3. The van der Waals surface area contributed by atoms with Crippen molar-refractivity contribution in [1.82, 2.24) is 9.80 Å². The largest absolute Gasteiger partial charge is 0.497 e. The number of ether oxygens (including phenoxy) is 2. The number of likely N-dealkylation sites (tertiary alicyclic amines) is 1. The summed E-state index contributed by atoms with van der Waals surface area (Å²) in [6.07, 6.45) is 2.21. The molecule has 3 aliphatic rings. The quantitative estimate of drug-likeness (QED) is 0.637. The highest BCUT2D eigenvalue weighted by Gasteiger charge is 2.53. The van der Waals surface area contributed by atoms with Crippen LogP contribution in [0, 0.1) is 5.41 Å². The molecule has 0 radical (unpaired) electrons. The summed E-state index contributed by atoms with van der Waals surface area (Å²) in [4.78, 5) is 29.3. The molecule has 32 heavy (non-hydrogen) atoms. The van der Waals surface area contributed by atoms with Crippen LogP contribution in [0.2, 0.25) is 0 Å². The van der Waals surface area contributed by atoms with Gasteiger partial charge in [0.15, 0.2) is 0 Å². The monoisotopic (exact) mass is 440 g/mol. The number of methoxy groups -OCH3 is 1. The molecule has 1 fully saturated rings. The van der Waals surface area contributed by atoms with Gasteiger partial charge in [0.1, 0.15) is 11.4 Å². The minimum atomic E-state index is -0.508.